The molecule has 1 fully saturated rings. The van der Waals surface area contributed by atoms with Crippen molar-refractivity contribution in [3.05, 3.63) is 53.0 Å². The van der Waals surface area contributed by atoms with Gasteiger partial charge in [0.15, 0.2) is 5.13 Å². The number of thiazole rings is 1. The number of carbonyl (C=O) groups is 2. The molecule has 0 saturated carbocycles. The molecule has 2 aromatic rings. The van der Waals surface area contributed by atoms with Gasteiger partial charge in [-0.15, -0.1) is 11.3 Å². The minimum atomic E-state index is -3.23. The Morgan fingerprint density at radius 2 is 1.86 bits per heavy atom. The van der Waals surface area contributed by atoms with Crippen LogP contribution in [0.3, 0.4) is 0 Å². The molecule has 1 aliphatic rings. The van der Waals surface area contributed by atoms with Crippen molar-refractivity contribution in [3.63, 3.8) is 0 Å². The SMILES string of the molecule is CS(=O)(=O)N1CCN(C(=O)Cc2csc(NC(=O)/C=C/c3ccccc3)n2)CC1. The zero-order valence-electron chi connectivity index (χ0n) is 15.9. The zero-order valence-corrected chi connectivity index (χ0v) is 17.6. The Labute approximate surface area is 173 Å². The highest BCUT2D eigenvalue weighted by Crippen LogP contribution is 2.17. The summed E-state index contributed by atoms with van der Waals surface area (Å²) < 4.78 is 24.5. The molecule has 2 amide bonds. The van der Waals surface area contributed by atoms with E-state index in [1.54, 1.807) is 16.4 Å². The standard InChI is InChI=1S/C19H22N4O4S2/c1-29(26,27)23-11-9-22(10-12-23)18(25)13-16-14-28-19(20-16)21-17(24)8-7-15-5-3-2-4-6-15/h2-8,14H,9-13H2,1H3,(H,20,21,24)/b8-7+. The molecule has 2 heterocycles. The summed E-state index contributed by atoms with van der Waals surface area (Å²) in [5, 5.41) is 4.86. The third-order valence-corrected chi connectivity index (χ3v) is 6.51. The summed E-state index contributed by atoms with van der Waals surface area (Å²) in [5.74, 6) is -0.400. The van der Waals surface area contributed by atoms with Crippen LogP contribution in [0.2, 0.25) is 0 Å². The van der Waals surface area contributed by atoms with Crippen molar-refractivity contribution in [2.75, 3.05) is 37.8 Å². The van der Waals surface area contributed by atoms with Crippen LogP contribution >= 0.6 is 11.3 Å². The van der Waals surface area contributed by atoms with Crippen molar-refractivity contribution in [2.24, 2.45) is 0 Å². The van der Waals surface area contributed by atoms with Crippen LogP contribution in [0.5, 0.6) is 0 Å². The molecule has 1 aromatic heterocycles. The summed E-state index contributed by atoms with van der Waals surface area (Å²) in [6, 6.07) is 9.48. The summed E-state index contributed by atoms with van der Waals surface area (Å²) in [6.45, 7) is 1.33. The first kappa shape index (κ1) is 21.2. The molecule has 0 atom stereocenters. The summed E-state index contributed by atoms with van der Waals surface area (Å²) in [5.41, 5.74) is 1.50. The number of amides is 2. The highest BCUT2D eigenvalue weighted by Gasteiger charge is 2.26. The predicted molar refractivity (Wildman–Crippen MR) is 113 cm³/mol. The molecule has 154 valence electrons. The maximum Gasteiger partial charge on any atom is 0.250 e. The highest BCUT2D eigenvalue weighted by atomic mass is 32.2. The van der Waals surface area contributed by atoms with Crippen LogP contribution in [0.1, 0.15) is 11.3 Å². The first-order valence-electron chi connectivity index (χ1n) is 9.03. The van der Waals surface area contributed by atoms with E-state index in [1.165, 1.54) is 28.0 Å². The predicted octanol–water partition coefficient (Wildman–Crippen LogP) is 1.44. The van der Waals surface area contributed by atoms with Crippen LogP contribution in [0.25, 0.3) is 6.08 Å². The van der Waals surface area contributed by atoms with Crippen molar-refractivity contribution in [1.82, 2.24) is 14.2 Å². The molecule has 10 heteroatoms. The van der Waals surface area contributed by atoms with Gasteiger partial charge in [0.2, 0.25) is 21.8 Å². The molecule has 1 aliphatic heterocycles. The first-order chi connectivity index (χ1) is 13.8. The van der Waals surface area contributed by atoms with Crippen molar-refractivity contribution in [2.45, 2.75) is 6.42 Å². The van der Waals surface area contributed by atoms with Crippen LogP contribution in [-0.2, 0) is 26.0 Å². The van der Waals surface area contributed by atoms with Crippen molar-refractivity contribution in [1.29, 1.82) is 0 Å². The number of nitrogens with one attached hydrogen (secondary N) is 1. The van der Waals surface area contributed by atoms with E-state index in [-0.39, 0.29) is 18.2 Å². The summed E-state index contributed by atoms with van der Waals surface area (Å²) >= 11 is 1.26. The summed E-state index contributed by atoms with van der Waals surface area (Å²) in [7, 11) is -3.23. The summed E-state index contributed by atoms with van der Waals surface area (Å²) in [4.78, 5) is 30.4. The highest BCUT2D eigenvalue weighted by molar-refractivity contribution is 7.88. The molecule has 0 bridgehead atoms. The van der Waals surface area contributed by atoms with E-state index in [2.05, 4.69) is 10.3 Å². The van der Waals surface area contributed by atoms with Gasteiger partial charge in [0.25, 0.3) is 0 Å². The second-order valence-electron chi connectivity index (χ2n) is 6.60. The average molecular weight is 435 g/mol. The second kappa shape index (κ2) is 9.29. The third-order valence-electron chi connectivity index (χ3n) is 4.40. The van der Waals surface area contributed by atoms with E-state index in [4.69, 9.17) is 0 Å². The van der Waals surface area contributed by atoms with E-state index in [9.17, 15) is 18.0 Å². The lowest BCUT2D eigenvalue weighted by atomic mass is 10.2. The number of hydrogen-bond acceptors (Lipinski definition) is 6. The van der Waals surface area contributed by atoms with Gasteiger partial charge in [-0.25, -0.2) is 13.4 Å². The fourth-order valence-electron chi connectivity index (χ4n) is 2.86. The number of rotatable bonds is 6. The van der Waals surface area contributed by atoms with Gasteiger partial charge in [0, 0.05) is 37.6 Å². The van der Waals surface area contributed by atoms with Gasteiger partial charge in [-0.05, 0) is 11.6 Å². The zero-order chi connectivity index (χ0) is 20.9. The lowest BCUT2D eigenvalue weighted by Crippen LogP contribution is -2.50. The normalized spacial score (nSPS) is 15.6. The number of benzene rings is 1. The van der Waals surface area contributed by atoms with E-state index in [1.807, 2.05) is 30.3 Å². The van der Waals surface area contributed by atoms with E-state index in [0.717, 1.165) is 5.56 Å². The van der Waals surface area contributed by atoms with Gasteiger partial charge in [-0.2, -0.15) is 4.31 Å². The number of piperazine rings is 1. The van der Waals surface area contributed by atoms with Crippen LogP contribution in [0.4, 0.5) is 5.13 Å². The van der Waals surface area contributed by atoms with Crippen molar-refractivity contribution in [3.8, 4) is 0 Å². The van der Waals surface area contributed by atoms with Gasteiger partial charge < -0.3 is 4.90 Å². The number of nitrogens with zero attached hydrogens (tertiary/aromatic N) is 3. The summed E-state index contributed by atoms with van der Waals surface area (Å²) in [6.07, 6.45) is 4.43. The lowest BCUT2D eigenvalue weighted by molar-refractivity contribution is -0.131. The van der Waals surface area contributed by atoms with Crippen molar-refractivity contribution < 1.29 is 18.0 Å². The number of hydrogen-bond donors (Lipinski definition) is 1. The smallest absolute Gasteiger partial charge is 0.250 e. The van der Waals surface area contributed by atoms with Gasteiger partial charge in [-0.3, -0.25) is 14.9 Å². The van der Waals surface area contributed by atoms with Crippen LogP contribution in [-0.4, -0.2) is 66.9 Å². The molecule has 0 spiro atoms. The topological polar surface area (TPSA) is 99.7 Å². The first-order valence-corrected chi connectivity index (χ1v) is 11.8. The largest absolute Gasteiger partial charge is 0.340 e. The average Bonchev–Trinajstić information content (AvgIpc) is 3.13. The Morgan fingerprint density at radius 1 is 1.17 bits per heavy atom. The number of aromatic nitrogens is 1. The van der Waals surface area contributed by atoms with Crippen molar-refractivity contribution >= 4 is 44.4 Å². The van der Waals surface area contributed by atoms with E-state index >= 15 is 0 Å². The van der Waals surface area contributed by atoms with E-state index in [0.29, 0.717) is 37.0 Å². The second-order valence-corrected chi connectivity index (χ2v) is 9.44. The van der Waals surface area contributed by atoms with Gasteiger partial charge in [0.1, 0.15) is 0 Å². The number of carbonyl (C=O) groups excluding carboxylic acids is 2. The van der Waals surface area contributed by atoms with Gasteiger partial charge >= 0.3 is 0 Å². The molecule has 3 rings (SSSR count). The number of anilines is 1. The molecule has 0 unspecified atom stereocenters. The fraction of sp³-hybridized carbons (Fsp3) is 0.316. The Morgan fingerprint density at radius 3 is 2.52 bits per heavy atom. The Kier molecular flexibility index (Phi) is 6.78. The maximum absolute atomic E-state index is 12.4. The molecule has 0 radical (unpaired) electrons. The Hall–Kier alpha value is -2.56. The fourth-order valence-corrected chi connectivity index (χ4v) is 4.40. The molecular formula is C19H22N4O4S2. The number of sulfonamides is 1. The maximum atomic E-state index is 12.4. The van der Waals surface area contributed by atoms with Crippen LogP contribution in [0.15, 0.2) is 41.8 Å². The molecule has 1 N–H and O–H groups in total. The van der Waals surface area contributed by atoms with E-state index < -0.39 is 10.0 Å². The Bertz CT molecular complexity index is 994. The molecular weight excluding hydrogens is 412 g/mol. The lowest BCUT2D eigenvalue weighted by Gasteiger charge is -2.33. The Balaban J connectivity index is 1.49. The molecule has 1 saturated heterocycles. The minimum absolute atomic E-state index is 0.106. The minimum Gasteiger partial charge on any atom is -0.340 e. The van der Waals surface area contributed by atoms with Crippen LogP contribution in [0, 0.1) is 0 Å². The quantitative estimate of drug-likeness (QED) is 0.694. The third kappa shape index (κ3) is 6.21. The molecule has 0 aliphatic carbocycles. The molecule has 1 aromatic carbocycles. The molecule has 8 nitrogen and oxygen atoms in total. The monoisotopic (exact) mass is 434 g/mol. The van der Waals surface area contributed by atoms with Crippen LogP contribution < -0.4 is 5.32 Å². The van der Waals surface area contributed by atoms with Gasteiger partial charge in [0.05, 0.1) is 18.4 Å². The molecule has 29 heavy (non-hydrogen) atoms. The van der Waals surface area contributed by atoms with Gasteiger partial charge in [-0.1, -0.05) is 30.3 Å².